The predicted molar refractivity (Wildman–Crippen MR) is 67.5 cm³/mol. The molecule has 96 valence electrons. The Morgan fingerprint density at radius 3 is 2.59 bits per heavy atom. The van der Waals surface area contributed by atoms with Crippen molar-refractivity contribution < 1.29 is 13.2 Å². The van der Waals surface area contributed by atoms with Gasteiger partial charge < -0.3 is 5.32 Å². The Hall–Kier alpha value is -0.840. The zero-order valence-electron chi connectivity index (χ0n) is 9.84. The molecule has 0 radical (unpaired) electrons. The topological polar surface area (TPSA) is 12.0 Å². The standard InChI is InChI=1S/C12H16F3NS/c1-9(2)10-4-3-5-11(8-10)16-6-7-17-12(13,14)15/h3-5,8-9,16H,6-7H2,1-2H3. The first-order chi connectivity index (χ1) is 7.88. The smallest absolute Gasteiger partial charge is 0.384 e. The highest BCUT2D eigenvalue weighted by molar-refractivity contribution is 8.00. The van der Waals surface area contributed by atoms with Gasteiger partial charge in [-0.3, -0.25) is 0 Å². The summed E-state index contributed by atoms with van der Waals surface area (Å²) in [6, 6.07) is 7.77. The van der Waals surface area contributed by atoms with Gasteiger partial charge in [-0.1, -0.05) is 26.0 Å². The van der Waals surface area contributed by atoms with Crippen LogP contribution in [-0.2, 0) is 0 Å². The van der Waals surface area contributed by atoms with E-state index in [0.717, 1.165) is 5.69 Å². The van der Waals surface area contributed by atoms with Gasteiger partial charge in [0.05, 0.1) is 0 Å². The highest BCUT2D eigenvalue weighted by Crippen LogP contribution is 2.29. The van der Waals surface area contributed by atoms with Crippen LogP contribution in [0.15, 0.2) is 24.3 Å². The number of hydrogen-bond donors (Lipinski definition) is 1. The van der Waals surface area contributed by atoms with Crippen molar-refractivity contribution in [3.63, 3.8) is 0 Å². The number of halogens is 3. The normalized spacial score (nSPS) is 11.9. The number of rotatable bonds is 5. The molecule has 0 bridgehead atoms. The first kappa shape index (κ1) is 14.2. The number of anilines is 1. The van der Waals surface area contributed by atoms with Crippen LogP contribution in [0.4, 0.5) is 18.9 Å². The summed E-state index contributed by atoms with van der Waals surface area (Å²) in [6.07, 6.45) is 0. The summed E-state index contributed by atoms with van der Waals surface area (Å²) < 4.78 is 35.7. The van der Waals surface area contributed by atoms with Crippen molar-refractivity contribution in [1.29, 1.82) is 0 Å². The van der Waals surface area contributed by atoms with Gasteiger partial charge in [-0.15, -0.1) is 0 Å². The van der Waals surface area contributed by atoms with Crippen LogP contribution in [0.1, 0.15) is 25.3 Å². The van der Waals surface area contributed by atoms with E-state index < -0.39 is 5.51 Å². The van der Waals surface area contributed by atoms with Crippen molar-refractivity contribution in [1.82, 2.24) is 0 Å². The van der Waals surface area contributed by atoms with Crippen LogP contribution in [0.3, 0.4) is 0 Å². The van der Waals surface area contributed by atoms with E-state index in [9.17, 15) is 13.2 Å². The molecule has 0 amide bonds. The number of benzene rings is 1. The van der Waals surface area contributed by atoms with Gasteiger partial charge in [-0.05, 0) is 35.4 Å². The molecule has 0 aliphatic rings. The molecule has 5 heteroatoms. The Morgan fingerprint density at radius 2 is 2.00 bits per heavy atom. The third-order valence-corrected chi connectivity index (χ3v) is 2.99. The van der Waals surface area contributed by atoms with Gasteiger partial charge in [0.2, 0.25) is 0 Å². The fourth-order valence-electron chi connectivity index (χ4n) is 1.37. The van der Waals surface area contributed by atoms with E-state index in [1.807, 2.05) is 24.3 Å². The van der Waals surface area contributed by atoms with E-state index in [1.54, 1.807) is 0 Å². The second-order valence-electron chi connectivity index (χ2n) is 4.00. The lowest BCUT2D eigenvalue weighted by atomic mass is 10.0. The fourth-order valence-corrected chi connectivity index (χ4v) is 1.81. The van der Waals surface area contributed by atoms with Gasteiger partial charge in [0, 0.05) is 18.0 Å². The molecule has 0 spiro atoms. The first-order valence-corrected chi connectivity index (χ1v) is 6.41. The van der Waals surface area contributed by atoms with Gasteiger partial charge in [0.15, 0.2) is 0 Å². The summed E-state index contributed by atoms with van der Waals surface area (Å²) in [5, 5.41) is 2.99. The third kappa shape index (κ3) is 5.86. The van der Waals surface area contributed by atoms with E-state index in [2.05, 4.69) is 19.2 Å². The van der Waals surface area contributed by atoms with Crippen LogP contribution in [0.2, 0.25) is 0 Å². The van der Waals surface area contributed by atoms with E-state index in [4.69, 9.17) is 0 Å². The third-order valence-electron chi connectivity index (χ3n) is 2.25. The lowest BCUT2D eigenvalue weighted by Gasteiger charge is -2.10. The maximum Gasteiger partial charge on any atom is 0.441 e. The molecule has 0 saturated carbocycles. The molecule has 0 aliphatic heterocycles. The number of alkyl halides is 3. The lowest BCUT2D eigenvalue weighted by molar-refractivity contribution is -0.0327. The Balaban J connectivity index is 2.39. The van der Waals surface area contributed by atoms with Crippen molar-refractivity contribution in [2.75, 3.05) is 17.6 Å². The van der Waals surface area contributed by atoms with Crippen LogP contribution in [0.5, 0.6) is 0 Å². The molecule has 1 rings (SSSR count). The highest BCUT2D eigenvalue weighted by atomic mass is 32.2. The summed E-state index contributed by atoms with van der Waals surface area (Å²) in [5.41, 5.74) is -2.08. The Morgan fingerprint density at radius 1 is 1.29 bits per heavy atom. The summed E-state index contributed by atoms with van der Waals surface area (Å²) in [5.74, 6) is 0.441. The van der Waals surface area contributed by atoms with Crippen molar-refractivity contribution in [3.8, 4) is 0 Å². The fraction of sp³-hybridized carbons (Fsp3) is 0.500. The van der Waals surface area contributed by atoms with Gasteiger partial charge >= 0.3 is 5.51 Å². The molecule has 0 unspecified atom stereocenters. The monoisotopic (exact) mass is 263 g/mol. The van der Waals surface area contributed by atoms with Gasteiger partial charge in [0.25, 0.3) is 0 Å². The van der Waals surface area contributed by atoms with Crippen molar-refractivity contribution in [2.24, 2.45) is 0 Å². The lowest BCUT2D eigenvalue weighted by Crippen LogP contribution is -2.09. The molecule has 0 fully saturated rings. The molecule has 0 heterocycles. The summed E-state index contributed by atoms with van der Waals surface area (Å²) in [4.78, 5) is 0. The SMILES string of the molecule is CC(C)c1cccc(NCCSC(F)(F)F)c1. The second kappa shape index (κ2) is 6.19. The summed E-state index contributed by atoms with van der Waals surface area (Å²) in [7, 11) is 0. The zero-order chi connectivity index (χ0) is 12.9. The average molecular weight is 263 g/mol. The molecule has 17 heavy (non-hydrogen) atoms. The van der Waals surface area contributed by atoms with Gasteiger partial charge in [-0.25, -0.2) is 0 Å². The molecule has 0 aromatic heterocycles. The Kier molecular flexibility index (Phi) is 5.18. The number of thioether (sulfide) groups is 1. The maximum absolute atomic E-state index is 11.9. The van der Waals surface area contributed by atoms with E-state index in [0.29, 0.717) is 12.5 Å². The van der Waals surface area contributed by atoms with Gasteiger partial charge in [0.1, 0.15) is 0 Å². The minimum atomic E-state index is -4.14. The van der Waals surface area contributed by atoms with E-state index in [1.165, 1.54) is 5.56 Å². The molecule has 1 aromatic carbocycles. The van der Waals surface area contributed by atoms with Gasteiger partial charge in [-0.2, -0.15) is 13.2 Å². The minimum absolute atomic E-state index is 0.000815. The zero-order valence-corrected chi connectivity index (χ0v) is 10.7. The Bertz CT molecular complexity index is 350. The minimum Gasteiger partial charge on any atom is -0.384 e. The van der Waals surface area contributed by atoms with E-state index in [-0.39, 0.29) is 17.5 Å². The first-order valence-electron chi connectivity index (χ1n) is 5.43. The maximum atomic E-state index is 11.9. The second-order valence-corrected chi connectivity index (χ2v) is 5.16. The van der Waals surface area contributed by atoms with Crippen LogP contribution < -0.4 is 5.32 Å². The van der Waals surface area contributed by atoms with Crippen molar-refractivity contribution in [2.45, 2.75) is 25.3 Å². The number of hydrogen-bond acceptors (Lipinski definition) is 2. The highest BCUT2D eigenvalue weighted by Gasteiger charge is 2.27. The van der Waals surface area contributed by atoms with E-state index >= 15 is 0 Å². The van der Waals surface area contributed by atoms with Crippen molar-refractivity contribution >= 4 is 17.4 Å². The molecule has 0 aliphatic carbocycles. The number of nitrogens with one attached hydrogen (secondary N) is 1. The quantitative estimate of drug-likeness (QED) is 0.786. The van der Waals surface area contributed by atoms with Crippen molar-refractivity contribution in [3.05, 3.63) is 29.8 Å². The molecule has 1 N–H and O–H groups in total. The van der Waals surface area contributed by atoms with Crippen LogP contribution >= 0.6 is 11.8 Å². The average Bonchev–Trinajstić information content (AvgIpc) is 2.23. The summed E-state index contributed by atoms with van der Waals surface area (Å²) >= 11 is 0.000815. The molecular weight excluding hydrogens is 247 g/mol. The largest absolute Gasteiger partial charge is 0.441 e. The predicted octanol–water partition coefficient (Wildman–Crippen LogP) is 4.47. The molecule has 0 saturated heterocycles. The van der Waals surface area contributed by atoms with Crippen LogP contribution in [0.25, 0.3) is 0 Å². The molecule has 1 aromatic rings. The Labute approximate surface area is 104 Å². The molecule has 1 nitrogen and oxygen atoms in total. The van der Waals surface area contributed by atoms with Crippen LogP contribution in [0, 0.1) is 0 Å². The molecule has 0 atom stereocenters. The van der Waals surface area contributed by atoms with Crippen LogP contribution in [-0.4, -0.2) is 17.8 Å². The summed E-state index contributed by atoms with van der Waals surface area (Å²) in [6.45, 7) is 4.48. The molecular formula is C12H16F3NS.